The maximum Gasteiger partial charge on any atom is 0.255 e. The van der Waals surface area contributed by atoms with Crippen molar-refractivity contribution in [3.05, 3.63) is 191 Å². The minimum Gasteiger partial charge on any atom is -0.485 e. The molecule has 0 radical (unpaired) electrons. The van der Waals surface area contributed by atoms with Gasteiger partial charge < -0.3 is 35.3 Å². The van der Waals surface area contributed by atoms with E-state index in [9.17, 15) is 14.4 Å². The summed E-state index contributed by atoms with van der Waals surface area (Å²) in [5.74, 6) is -0.923. The first-order valence-electron chi connectivity index (χ1n) is 17.8. The third-order valence-corrected chi connectivity index (χ3v) is 8.49. The van der Waals surface area contributed by atoms with Gasteiger partial charge in [0.25, 0.3) is 11.8 Å². The second-order valence-corrected chi connectivity index (χ2v) is 12.5. The van der Waals surface area contributed by atoms with Gasteiger partial charge in [0.05, 0.1) is 11.1 Å². The van der Waals surface area contributed by atoms with Crippen LogP contribution in [0, 0.1) is 0 Å². The topological polar surface area (TPSA) is 138 Å². The van der Waals surface area contributed by atoms with Gasteiger partial charge in [0.15, 0.2) is 23.0 Å². The highest BCUT2D eigenvalue weighted by Crippen LogP contribution is 2.34. The molecule has 0 bridgehead atoms. The van der Waals surface area contributed by atoms with Gasteiger partial charge in [-0.15, -0.1) is 0 Å². The Hall–Kier alpha value is -7.07. The Morgan fingerprint density at radius 2 is 0.818 bits per heavy atom. The zero-order chi connectivity index (χ0) is 38.2. The normalized spacial score (nSPS) is 11.1. The number of primary amides is 1. The van der Waals surface area contributed by atoms with E-state index in [1.807, 2.05) is 121 Å². The fourth-order valence-corrected chi connectivity index (χ4v) is 5.59. The Kier molecular flexibility index (Phi) is 13.1. The fourth-order valence-electron chi connectivity index (χ4n) is 5.59. The second-order valence-electron chi connectivity index (χ2n) is 12.5. The molecule has 55 heavy (non-hydrogen) atoms. The van der Waals surface area contributed by atoms with E-state index < -0.39 is 23.8 Å². The molecular weight excluding hydrogens is 695 g/mol. The van der Waals surface area contributed by atoms with Crippen LogP contribution in [0.25, 0.3) is 0 Å². The van der Waals surface area contributed by atoms with Crippen LogP contribution in [0.5, 0.6) is 23.0 Å². The predicted molar refractivity (Wildman–Crippen MR) is 209 cm³/mol. The summed E-state index contributed by atoms with van der Waals surface area (Å²) in [5.41, 5.74) is 9.70. The zero-order valence-corrected chi connectivity index (χ0v) is 30.1. The number of nitrogens with two attached hydrogens (primary N) is 1. The van der Waals surface area contributed by atoms with E-state index in [1.165, 1.54) is 0 Å². The molecule has 0 aliphatic carbocycles. The van der Waals surface area contributed by atoms with E-state index >= 15 is 0 Å². The number of carbonyl (C=O) groups is 3. The molecule has 0 unspecified atom stereocenters. The number of nitrogens with one attached hydrogen (secondary N) is 2. The van der Waals surface area contributed by atoms with Crippen LogP contribution in [0.3, 0.4) is 0 Å². The van der Waals surface area contributed by atoms with Crippen molar-refractivity contribution in [3.63, 3.8) is 0 Å². The van der Waals surface area contributed by atoms with E-state index in [4.69, 9.17) is 24.7 Å². The lowest BCUT2D eigenvalue weighted by molar-refractivity contribution is -0.119. The fraction of sp³-hybridized carbons (Fsp3) is 0.133. The number of para-hydroxylation sites is 2. The molecule has 1 atom stereocenters. The minimum atomic E-state index is -1.28. The molecule has 6 rings (SSSR count). The lowest BCUT2D eigenvalue weighted by Crippen LogP contribution is -2.51. The van der Waals surface area contributed by atoms with Gasteiger partial charge in [0.1, 0.15) is 32.5 Å². The lowest BCUT2D eigenvalue weighted by atomic mass is 10.1. The molecule has 10 heteroatoms. The molecule has 6 aromatic rings. The Labute approximate surface area is 319 Å². The molecule has 0 spiro atoms. The number of amides is 3. The highest BCUT2D eigenvalue weighted by Gasteiger charge is 2.25. The molecule has 10 nitrogen and oxygen atoms in total. The van der Waals surface area contributed by atoms with E-state index in [-0.39, 0.29) is 55.6 Å². The first kappa shape index (κ1) is 37.7. The molecule has 6 aromatic carbocycles. The smallest absolute Gasteiger partial charge is 0.255 e. The summed E-state index contributed by atoms with van der Waals surface area (Å²) < 4.78 is 24.6. The summed E-state index contributed by atoms with van der Waals surface area (Å²) in [4.78, 5) is 40.3. The van der Waals surface area contributed by atoms with E-state index in [0.29, 0.717) is 11.5 Å². The molecule has 4 N–H and O–H groups in total. The van der Waals surface area contributed by atoms with Crippen LogP contribution in [0.4, 0.5) is 0 Å². The maximum atomic E-state index is 13.8. The van der Waals surface area contributed by atoms with Gasteiger partial charge in [-0.2, -0.15) is 0 Å². The van der Waals surface area contributed by atoms with E-state index in [2.05, 4.69) is 10.6 Å². The number of rotatable bonds is 18. The highest BCUT2D eigenvalue weighted by molar-refractivity contribution is 6.01. The maximum absolute atomic E-state index is 13.8. The van der Waals surface area contributed by atoms with Crippen LogP contribution in [0.15, 0.2) is 158 Å². The Morgan fingerprint density at radius 3 is 1.20 bits per heavy atom. The van der Waals surface area contributed by atoms with Gasteiger partial charge in [-0.25, -0.2) is 0 Å². The van der Waals surface area contributed by atoms with Crippen LogP contribution in [-0.2, 0) is 31.2 Å². The number of hydrogen-bond acceptors (Lipinski definition) is 7. The van der Waals surface area contributed by atoms with Crippen molar-refractivity contribution in [2.75, 3.05) is 6.54 Å². The molecule has 0 saturated carbocycles. The van der Waals surface area contributed by atoms with Crippen LogP contribution in [0.2, 0.25) is 0 Å². The molecule has 278 valence electrons. The third-order valence-electron chi connectivity index (χ3n) is 8.49. The standard InChI is InChI=1S/C45H41N3O7/c46-43(49)38(48-45(51)37-24-14-26-40(53-29-33-17-7-2-8-18-33)42(37)55-31-35-21-11-4-12-22-35)27-47-44(50)36-23-13-25-39(52-28-32-15-5-1-6-16-32)41(36)54-30-34-19-9-3-10-20-34/h1-26,38H,27-31H2,(H2,46,49)(H,47,50)(H,48,51)/t38-/m1/s1. The summed E-state index contributed by atoms with van der Waals surface area (Å²) in [6, 6.07) is 46.9. The molecule has 0 heterocycles. The largest absolute Gasteiger partial charge is 0.485 e. The van der Waals surface area contributed by atoms with Gasteiger partial charge in [-0.05, 0) is 46.5 Å². The lowest BCUT2D eigenvalue weighted by Gasteiger charge is -2.20. The number of benzene rings is 6. The number of ether oxygens (including phenoxy) is 4. The zero-order valence-electron chi connectivity index (χ0n) is 30.1. The number of carbonyl (C=O) groups excluding carboxylic acids is 3. The quantitative estimate of drug-likeness (QED) is 0.0863. The Morgan fingerprint density at radius 1 is 0.455 bits per heavy atom. The predicted octanol–water partition coefficient (Wildman–Crippen LogP) is 7.02. The van der Waals surface area contributed by atoms with Gasteiger partial charge in [-0.1, -0.05) is 133 Å². The second kappa shape index (κ2) is 19.1. The third kappa shape index (κ3) is 10.7. The first-order valence-corrected chi connectivity index (χ1v) is 17.8. The monoisotopic (exact) mass is 735 g/mol. The Bertz CT molecular complexity index is 2170. The minimum absolute atomic E-state index is 0.124. The van der Waals surface area contributed by atoms with Crippen molar-refractivity contribution in [2.45, 2.75) is 32.5 Å². The van der Waals surface area contributed by atoms with Crippen LogP contribution < -0.4 is 35.3 Å². The van der Waals surface area contributed by atoms with Gasteiger partial charge in [0, 0.05) is 6.54 Å². The SMILES string of the molecule is NC(=O)[C@@H](CNC(=O)c1cccc(OCc2ccccc2)c1OCc1ccccc1)NC(=O)c1cccc(OCc2ccccc2)c1OCc1ccccc1. The molecule has 0 aromatic heterocycles. The molecule has 0 aliphatic heterocycles. The summed E-state index contributed by atoms with van der Waals surface area (Å²) in [5, 5.41) is 5.41. The van der Waals surface area contributed by atoms with Crippen molar-refractivity contribution < 1.29 is 33.3 Å². The molecular formula is C45H41N3O7. The summed E-state index contributed by atoms with van der Waals surface area (Å²) in [6.07, 6.45) is 0. The van der Waals surface area contributed by atoms with E-state index in [1.54, 1.807) is 36.4 Å². The van der Waals surface area contributed by atoms with Gasteiger partial charge in [0.2, 0.25) is 5.91 Å². The Balaban J connectivity index is 1.18. The number of hydrogen-bond donors (Lipinski definition) is 3. The summed E-state index contributed by atoms with van der Waals surface area (Å²) >= 11 is 0. The van der Waals surface area contributed by atoms with Crippen molar-refractivity contribution >= 4 is 17.7 Å². The highest BCUT2D eigenvalue weighted by atomic mass is 16.5. The van der Waals surface area contributed by atoms with Crippen LogP contribution in [0.1, 0.15) is 43.0 Å². The first-order chi connectivity index (χ1) is 26.9. The van der Waals surface area contributed by atoms with Crippen molar-refractivity contribution in [3.8, 4) is 23.0 Å². The molecule has 3 amide bonds. The average Bonchev–Trinajstić information content (AvgIpc) is 3.23. The molecule has 0 fully saturated rings. The van der Waals surface area contributed by atoms with Crippen molar-refractivity contribution in [1.29, 1.82) is 0 Å². The molecule has 0 saturated heterocycles. The molecule has 0 aliphatic rings. The van der Waals surface area contributed by atoms with Gasteiger partial charge >= 0.3 is 0 Å². The van der Waals surface area contributed by atoms with Gasteiger partial charge in [-0.3, -0.25) is 14.4 Å². The van der Waals surface area contributed by atoms with Crippen LogP contribution in [-0.4, -0.2) is 30.3 Å². The summed E-state index contributed by atoms with van der Waals surface area (Å²) in [7, 11) is 0. The van der Waals surface area contributed by atoms with E-state index in [0.717, 1.165) is 22.3 Å². The van der Waals surface area contributed by atoms with Crippen molar-refractivity contribution in [1.82, 2.24) is 10.6 Å². The summed E-state index contributed by atoms with van der Waals surface area (Å²) in [6.45, 7) is 0.510. The average molecular weight is 736 g/mol. The van der Waals surface area contributed by atoms with Crippen molar-refractivity contribution in [2.24, 2.45) is 5.73 Å². The van der Waals surface area contributed by atoms with Crippen LogP contribution >= 0.6 is 0 Å².